The number of amides is 1. The van der Waals surface area contributed by atoms with Crippen molar-refractivity contribution in [2.75, 3.05) is 26.2 Å². The molecule has 0 radical (unpaired) electrons. The van der Waals surface area contributed by atoms with Crippen molar-refractivity contribution >= 4 is 5.91 Å². The highest BCUT2D eigenvalue weighted by atomic mass is 16.2. The molecule has 1 heterocycles. The van der Waals surface area contributed by atoms with E-state index in [1.807, 2.05) is 0 Å². The van der Waals surface area contributed by atoms with Crippen molar-refractivity contribution < 1.29 is 4.79 Å². The summed E-state index contributed by atoms with van der Waals surface area (Å²) in [5.74, 6) is 2.43. The van der Waals surface area contributed by atoms with Crippen LogP contribution in [0, 0.1) is 17.8 Å². The van der Waals surface area contributed by atoms with E-state index in [1.165, 1.54) is 6.42 Å². The maximum Gasteiger partial charge on any atom is 0.222 e. The first kappa shape index (κ1) is 17.5. The van der Waals surface area contributed by atoms with Crippen molar-refractivity contribution in [3.63, 3.8) is 0 Å². The first-order valence-electron chi connectivity index (χ1n) is 8.47. The van der Waals surface area contributed by atoms with Crippen LogP contribution < -0.4 is 5.32 Å². The van der Waals surface area contributed by atoms with Crippen molar-refractivity contribution in [1.29, 1.82) is 0 Å². The highest BCUT2D eigenvalue weighted by Gasteiger charge is 2.19. The summed E-state index contributed by atoms with van der Waals surface area (Å²) in [7, 11) is 0. The molecule has 1 saturated heterocycles. The summed E-state index contributed by atoms with van der Waals surface area (Å²) in [6.45, 7) is 13.0. The molecule has 20 heavy (non-hydrogen) atoms. The molecule has 1 aliphatic heterocycles. The lowest BCUT2D eigenvalue weighted by Gasteiger charge is -2.25. The Labute approximate surface area is 125 Å². The molecule has 0 aliphatic carbocycles. The highest BCUT2D eigenvalue weighted by molar-refractivity contribution is 5.76. The summed E-state index contributed by atoms with van der Waals surface area (Å²) >= 11 is 0. The Bertz CT molecular complexity index is 258. The number of rotatable bonds is 9. The van der Waals surface area contributed by atoms with E-state index in [9.17, 15) is 4.79 Å². The Morgan fingerprint density at radius 3 is 2.20 bits per heavy atom. The fourth-order valence-corrected chi connectivity index (χ4v) is 2.64. The lowest BCUT2D eigenvalue weighted by Crippen LogP contribution is -2.34. The highest BCUT2D eigenvalue weighted by Crippen LogP contribution is 2.16. The van der Waals surface area contributed by atoms with E-state index in [1.54, 1.807) is 0 Å². The van der Waals surface area contributed by atoms with Crippen LogP contribution in [0.1, 0.15) is 59.8 Å². The summed E-state index contributed by atoms with van der Waals surface area (Å²) in [6, 6.07) is 0. The summed E-state index contributed by atoms with van der Waals surface area (Å²) < 4.78 is 0. The minimum atomic E-state index is 0.373. The summed E-state index contributed by atoms with van der Waals surface area (Å²) in [5.41, 5.74) is 0. The third-order valence-corrected chi connectivity index (χ3v) is 4.23. The zero-order chi connectivity index (χ0) is 15.0. The van der Waals surface area contributed by atoms with E-state index in [0.717, 1.165) is 57.8 Å². The predicted octanol–water partition coefficient (Wildman–Crippen LogP) is 3.30. The third-order valence-electron chi connectivity index (χ3n) is 4.23. The monoisotopic (exact) mass is 282 g/mol. The zero-order valence-electron chi connectivity index (χ0n) is 14.0. The predicted molar refractivity (Wildman–Crippen MR) is 85.7 cm³/mol. The molecule has 0 saturated carbocycles. The Balaban J connectivity index is 2.35. The Kier molecular flexibility index (Phi) is 8.20. The van der Waals surface area contributed by atoms with Gasteiger partial charge in [0.2, 0.25) is 5.91 Å². The molecule has 3 nitrogen and oxygen atoms in total. The van der Waals surface area contributed by atoms with Crippen molar-refractivity contribution in [3.05, 3.63) is 0 Å². The van der Waals surface area contributed by atoms with E-state index in [-0.39, 0.29) is 0 Å². The molecule has 1 fully saturated rings. The topological polar surface area (TPSA) is 32.3 Å². The second-order valence-corrected chi connectivity index (χ2v) is 7.14. The van der Waals surface area contributed by atoms with Gasteiger partial charge in [-0.15, -0.1) is 0 Å². The summed E-state index contributed by atoms with van der Waals surface area (Å²) in [6.07, 6.45) is 5.28. The minimum absolute atomic E-state index is 0.373. The molecule has 1 amide bonds. The molecular formula is C17H34N2O. The van der Waals surface area contributed by atoms with Crippen LogP contribution in [0.25, 0.3) is 0 Å². The second kappa shape index (κ2) is 9.38. The van der Waals surface area contributed by atoms with E-state index in [4.69, 9.17) is 0 Å². The van der Waals surface area contributed by atoms with E-state index in [2.05, 4.69) is 37.9 Å². The van der Waals surface area contributed by atoms with Crippen LogP contribution in [-0.4, -0.2) is 37.0 Å². The van der Waals surface area contributed by atoms with E-state index >= 15 is 0 Å². The van der Waals surface area contributed by atoms with Gasteiger partial charge in [0.1, 0.15) is 0 Å². The van der Waals surface area contributed by atoms with Crippen molar-refractivity contribution in [2.45, 2.75) is 59.8 Å². The van der Waals surface area contributed by atoms with Crippen molar-refractivity contribution in [3.8, 4) is 0 Å². The van der Waals surface area contributed by atoms with Crippen LogP contribution in [0.5, 0.6) is 0 Å². The number of nitrogens with one attached hydrogen (secondary N) is 1. The van der Waals surface area contributed by atoms with Crippen LogP contribution in [0.2, 0.25) is 0 Å². The molecule has 0 aromatic carbocycles. The van der Waals surface area contributed by atoms with Crippen LogP contribution in [-0.2, 0) is 4.79 Å². The first-order valence-corrected chi connectivity index (χ1v) is 8.47. The summed E-state index contributed by atoms with van der Waals surface area (Å²) in [5, 5.41) is 3.38. The van der Waals surface area contributed by atoms with Gasteiger partial charge in [-0.1, -0.05) is 27.7 Å². The molecule has 0 spiro atoms. The van der Waals surface area contributed by atoms with Gasteiger partial charge in [0, 0.05) is 19.5 Å². The van der Waals surface area contributed by atoms with Gasteiger partial charge in [0.25, 0.3) is 0 Å². The van der Waals surface area contributed by atoms with Gasteiger partial charge in [-0.25, -0.2) is 0 Å². The van der Waals surface area contributed by atoms with Gasteiger partial charge in [-0.2, -0.15) is 0 Å². The molecular weight excluding hydrogens is 248 g/mol. The molecule has 0 aromatic rings. The quantitative estimate of drug-likeness (QED) is 0.704. The number of hydrogen-bond donors (Lipinski definition) is 1. The largest absolute Gasteiger partial charge is 0.343 e. The number of nitrogens with zero attached hydrogens (tertiary/aromatic N) is 1. The fourth-order valence-electron chi connectivity index (χ4n) is 2.64. The van der Waals surface area contributed by atoms with Crippen LogP contribution in [0.3, 0.4) is 0 Å². The number of carbonyl (C=O) groups excluding carboxylic acids is 1. The molecule has 0 aromatic heterocycles. The maximum atomic E-state index is 12.4. The van der Waals surface area contributed by atoms with Gasteiger partial charge in [0.05, 0.1) is 0 Å². The average molecular weight is 282 g/mol. The Morgan fingerprint density at radius 2 is 1.75 bits per heavy atom. The molecule has 118 valence electrons. The van der Waals surface area contributed by atoms with Crippen LogP contribution in [0.15, 0.2) is 0 Å². The smallest absolute Gasteiger partial charge is 0.222 e. The molecule has 1 N–H and O–H groups in total. The zero-order valence-corrected chi connectivity index (χ0v) is 14.0. The Morgan fingerprint density at radius 1 is 1.15 bits per heavy atom. The third kappa shape index (κ3) is 7.28. The summed E-state index contributed by atoms with van der Waals surface area (Å²) in [4.78, 5) is 14.5. The van der Waals surface area contributed by atoms with E-state index < -0.39 is 0 Å². The molecule has 1 unspecified atom stereocenters. The lowest BCUT2D eigenvalue weighted by molar-refractivity contribution is -0.131. The average Bonchev–Trinajstić information content (AvgIpc) is 2.88. The maximum absolute atomic E-state index is 12.4. The molecule has 1 rings (SSSR count). The molecule has 1 atom stereocenters. The Hall–Kier alpha value is -0.570. The standard InChI is InChI=1S/C17H34N2O/c1-14(2)8-11-19(12-9-15(3)4)17(20)6-5-16-7-10-18-13-16/h14-16,18H,5-13H2,1-4H3. The number of hydrogen-bond acceptors (Lipinski definition) is 2. The van der Waals surface area contributed by atoms with Gasteiger partial charge in [-0.3, -0.25) is 4.79 Å². The second-order valence-electron chi connectivity index (χ2n) is 7.14. The fraction of sp³-hybridized carbons (Fsp3) is 0.941. The van der Waals surface area contributed by atoms with Gasteiger partial charge >= 0.3 is 0 Å². The number of carbonyl (C=O) groups is 1. The van der Waals surface area contributed by atoms with Gasteiger partial charge < -0.3 is 10.2 Å². The first-order chi connectivity index (χ1) is 9.49. The van der Waals surface area contributed by atoms with Crippen molar-refractivity contribution in [2.24, 2.45) is 17.8 Å². The van der Waals surface area contributed by atoms with E-state index in [0.29, 0.717) is 17.7 Å². The SMILES string of the molecule is CC(C)CCN(CCC(C)C)C(=O)CCC1CCNC1. The van der Waals surface area contributed by atoms with Gasteiger partial charge in [0.15, 0.2) is 0 Å². The molecule has 3 heteroatoms. The lowest BCUT2D eigenvalue weighted by atomic mass is 10.0. The van der Waals surface area contributed by atoms with Crippen LogP contribution in [0.4, 0.5) is 0 Å². The van der Waals surface area contributed by atoms with Gasteiger partial charge in [-0.05, 0) is 56.5 Å². The molecule has 0 bridgehead atoms. The minimum Gasteiger partial charge on any atom is -0.343 e. The molecule has 1 aliphatic rings. The van der Waals surface area contributed by atoms with Crippen molar-refractivity contribution in [1.82, 2.24) is 10.2 Å². The van der Waals surface area contributed by atoms with Crippen LogP contribution >= 0.6 is 0 Å². The normalized spacial score (nSPS) is 19.0.